The molecule has 0 heterocycles. The average Bonchev–Trinajstić information content (AvgIpc) is 2.16. The smallest absolute Gasteiger partial charge is 0.319 e. The molecule has 4 nitrogen and oxygen atoms in total. The summed E-state index contributed by atoms with van der Waals surface area (Å²) >= 11 is 0. The lowest BCUT2D eigenvalue weighted by atomic mass is 10.1. The van der Waals surface area contributed by atoms with Gasteiger partial charge < -0.3 is 4.74 Å². The minimum absolute atomic E-state index is 0.159. The Bertz CT molecular complexity index is 354. The molecule has 0 amide bonds. The highest BCUT2D eigenvalue weighted by molar-refractivity contribution is 5.53. The molecule has 0 N–H and O–H groups in total. The quantitative estimate of drug-likeness (QED) is 0.560. The van der Waals surface area contributed by atoms with Crippen molar-refractivity contribution in [3.8, 4) is 5.75 Å². The standard InChI is InChI=1S/C8H7F2NO3/c1-14-6-4-2-3-5(8(9)10)7(6)11(12)13/h2-4,8H,1H3. The van der Waals surface area contributed by atoms with Gasteiger partial charge in [-0.15, -0.1) is 0 Å². The largest absolute Gasteiger partial charge is 0.490 e. The van der Waals surface area contributed by atoms with E-state index in [2.05, 4.69) is 4.74 Å². The van der Waals surface area contributed by atoms with Gasteiger partial charge in [0.25, 0.3) is 6.43 Å². The third kappa shape index (κ3) is 1.78. The minimum Gasteiger partial charge on any atom is -0.490 e. The van der Waals surface area contributed by atoms with Gasteiger partial charge in [0.05, 0.1) is 17.6 Å². The molecule has 0 aliphatic carbocycles. The second kappa shape index (κ2) is 3.99. The van der Waals surface area contributed by atoms with E-state index in [0.29, 0.717) is 0 Å². The van der Waals surface area contributed by atoms with Crippen LogP contribution in [-0.4, -0.2) is 12.0 Å². The molecule has 0 radical (unpaired) electrons. The lowest BCUT2D eigenvalue weighted by molar-refractivity contribution is -0.387. The Morgan fingerprint density at radius 2 is 2.14 bits per heavy atom. The average molecular weight is 203 g/mol. The third-order valence-corrected chi connectivity index (χ3v) is 1.67. The van der Waals surface area contributed by atoms with Gasteiger partial charge in [0, 0.05) is 0 Å². The summed E-state index contributed by atoms with van der Waals surface area (Å²) in [4.78, 5) is 9.62. The second-order valence-electron chi connectivity index (χ2n) is 2.46. The maximum atomic E-state index is 12.3. The Hall–Kier alpha value is -1.72. The van der Waals surface area contributed by atoms with Crippen molar-refractivity contribution in [1.82, 2.24) is 0 Å². The van der Waals surface area contributed by atoms with Crippen LogP contribution in [0.1, 0.15) is 12.0 Å². The number of hydrogen-bond donors (Lipinski definition) is 0. The van der Waals surface area contributed by atoms with E-state index < -0.39 is 22.6 Å². The number of halogens is 2. The zero-order valence-corrected chi connectivity index (χ0v) is 7.24. The molecule has 0 aliphatic heterocycles. The second-order valence-corrected chi connectivity index (χ2v) is 2.46. The predicted molar refractivity (Wildman–Crippen MR) is 44.6 cm³/mol. The molecule has 0 bridgehead atoms. The summed E-state index contributed by atoms with van der Waals surface area (Å²) in [7, 11) is 1.19. The number of para-hydroxylation sites is 1. The molecule has 14 heavy (non-hydrogen) atoms. The SMILES string of the molecule is COc1cccc(C(F)F)c1[N+](=O)[O-]. The molecule has 6 heteroatoms. The number of benzene rings is 1. The molecule has 0 saturated heterocycles. The summed E-state index contributed by atoms with van der Waals surface area (Å²) in [5.41, 5.74) is -1.31. The predicted octanol–water partition coefficient (Wildman–Crippen LogP) is 2.54. The number of rotatable bonds is 3. The molecule has 1 rings (SSSR count). The van der Waals surface area contributed by atoms with Crippen LogP contribution in [0.2, 0.25) is 0 Å². The first-order chi connectivity index (χ1) is 6.57. The molecule has 0 spiro atoms. The highest BCUT2D eigenvalue weighted by Crippen LogP contribution is 2.36. The number of nitro groups is 1. The number of hydrogen-bond acceptors (Lipinski definition) is 3. The topological polar surface area (TPSA) is 52.4 Å². The molecule has 0 aliphatic rings. The van der Waals surface area contributed by atoms with E-state index in [9.17, 15) is 18.9 Å². The Morgan fingerprint density at radius 3 is 2.57 bits per heavy atom. The zero-order valence-electron chi connectivity index (χ0n) is 7.24. The van der Waals surface area contributed by atoms with Gasteiger partial charge in [0.1, 0.15) is 0 Å². The van der Waals surface area contributed by atoms with Crippen molar-refractivity contribution in [3.05, 3.63) is 33.9 Å². The van der Waals surface area contributed by atoms with Gasteiger partial charge in [0.15, 0.2) is 5.75 Å². The van der Waals surface area contributed by atoms with E-state index in [1.165, 1.54) is 19.2 Å². The van der Waals surface area contributed by atoms with Crippen molar-refractivity contribution < 1.29 is 18.4 Å². The van der Waals surface area contributed by atoms with Gasteiger partial charge in [-0.3, -0.25) is 10.1 Å². The summed E-state index contributed by atoms with van der Waals surface area (Å²) in [6, 6.07) is 3.56. The van der Waals surface area contributed by atoms with E-state index in [-0.39, 0.29) is 5.75 Å². The fourth-order valence-corrected chi connectivity index (χ4v) is 1.08. The molecule has 1 aromatic carbocycles. The maximum absolute atomic E-state index is 12.3. The first kappa shape index (κ1) is 10.4. The van der Waals surface area contributed by atoms with Crippen LogP contribution < -0.4 is 4.74 Å². The van der Waals surface area contributed by atoms with Crippen LogP contribution in [-0.2, 0) is 0 Å². The minimum atomic E-state index is -2.88. The molecule has 76 valence electrons. The lowest BCUT2D eigenvalue weighted by Gasteiger charge is -2.05. The van der Waals surface area contributed by atoms with E-state index in [0.717, 1.165) is 6.07 Å². The van der Waals surface area contributed by atoms with E-state index in [1.54, 1.807) is 0 Å². The van der Waals surface area contributed by atoms with Crippen LogP contribution in [0.4, 0.5) is 14.5 Å². The third-order valence-electron chi connectivity index (χ3n) is 1.67. The van der Waals surface area contributed by atoms with Gasteiger partial charge >= 0.3 is 5.69 Å². The van der Waals surface area contributed by atoms with Crippen molar-refractivity contribution in [1.29, 1.82) is 0 Å². The Balaban J connectivity index is 3.35. The highest BCUT2D eigenvalue weighted by atomic mass is 19.3. The fourth-order valence-electron chi connectivity index (χ4n) is 1.08. The lowest BCUT2D eigenvalue weighted by Crippen LogP contribution is -1.99. The number of ether oxygens (including phenoxy) is 1. The monoisotopic (exact) mass is 203 g/mol. The first-order valence-electron chi connectivity index (χ1n) is 3.67. The van der Waals surface area contributed by atoms with Crippen LogP contribution >= 0.6 is 0 Å². The van der Waals surface area contributed by atoms with E-state index in [4.69, 9.17) is 0 Å². The Labute approximate surface area is 78.3 Å². The molecule has 0 fully saturated rings. The van der Waals surface area contributed by atoms with Gasteiger partial charge in [-0.1, -0.05) is 6.07 Å². The number of methoxy groups -OCH3 is 1. The summed E-state index contributed by atoms with van der Waals surface area (Å²) in [5.74, 6) is -0.159. The van der Waals surface area contributed by atoms with E-state index in [1.807, 2.05) is 0 Å². The van der Waals surface area contributed by atoms with Crippen molar-refractivity contribution in [3.63, 3.8) is 0 Å². The summed E-state index contributed by atoms with van der Waals surface area (Å²) in [6.45, 7) is 0. The molecule has 0 atom stereocenters. The van der Waals surface area contributed by atoms with Crippen molar-refractivity contribution in [2.45, 2.75) is 6.43 Å². The van der Waals surface area contributed by atoms with Crippen LogP contribution in [0, 0.1) is 10.1 Å². The first-order valence-corrected chi connectivity index (χ1v) is 3.67. The molecular weight excluding hydrogens is 196 g/mol. The molecular formula is C8H7F2NO3. The van der Waals surface area contributed by atoms with Crippen molar-refractivity contribution >= 4 is 5.69 Å². The van der Waals surface area contributed by atoms with Crippen LogP contribution in [0.5, 0.6) is 5.75 Å². The summed E-state index contributed by atoms with van der Waals surface area (Å²) < 4.78 is 29.3. The fraction of sp³-hybridized carbons (Fsp3) is 0.250. The Morgan fingerprint density at radius 1 is 1.50 bits per heavy atom. The highest BCUT2D eigenvalue weighted by Gasteiger charge is 2.25. The van der Waals surface area contributed by atoms with Crippen molar-refractivity contribution in [2.24, 2.45) is 0 Å². The summed E-state index contributed by atoms with van der Waals surface area (Å²) in [5, 5.41) is 10.5. The van der Waals surface area contributed by atoms with Gasteiger partial charge in [-0.2, -0.15) is 0 Å². The number of nitrogens with zero attached hydrogens (tertiary/aromatic N) is 1. The van der Waals surface area contributed by atoms with Crippen LogP contribution in [0.3, 0.4) is 0 Å². The van der Waals surface area contributed by atoms with Gasteiger partial charge in [0.2, 0.25) is 0 Å². The van der Waals surface area contributed by atoms with E-state index >= 15 is 0 Å². The molecule has 0 saturated carbocycles. The zero-order chi connectivity index (χ0) is 10.7. The van der Waals surface area contributed by atoms with Crippen LogP contribution in [0.15, 0.2) is 18.2 Å². The Kier molecular flexibility index (Phi) is 2.95. The molecule has 0 aromatic heterocycles. The van der Waals surface area contributed by atoms with Gasteiger partial charge in [-0.25, -0.2) is 8.78 Å². The van der Waals surface area contributed by atoms with Gasteiger partial charge in [-0.05, 0) is 12.1 Å². The normalized spacial score (nSPS) is 10.3. The number of nitro benzene ring substituents is 1. The molecule has 0 unspecified atom stereocenters. The van der Waals surface area contributed by atoms with Crippen molar-refractivity contribution in [2.75, 3.05) is 7.11 Å². The molecule has 1 aromatic rings. The number of alkyl halides is 2. The maximum Gasteiger partial charge on any atom is 0.319 e. The summed E-state index contributed by atoms with van der Waals surface area (Å²) in [6.07, 6.45) is -2.88. The van der Waals surface area contributed by atoms with Crippen LogP contribution in [0.25, 0.3) is 0 Å².